The largest absolute Gasteiger partial charge is 0.491 e. The number of carboxylic acids is 1. The van der Waals surface area contributed by atoms with E-state index in [0.717, 1.165) is 6.42 Å². The number of aromatic carboxylic acids is 1. The van der Waals surface area contributed by atoms with Crippen molar-refractivity contribution in [1.29, 1.82) is 0 Å². The summed E-state index contributed by atoms with van der Waals surface area (Å²) in [7, 11) is 0. The molecule has 0 aliphatic rings. The van der Waals surface area contributed by atoms with E-state index in [1.807, 2.05) is 6.92 Å². The van der Waals surface area contributed by atoms with Crippen molar-refractivity contribution < 1.29 is 19.4 Å². The molecule has 0 aromatic heterocycles. The lowest BCUT2D eigenvalue weighted by molar-refractivity contribution is 0.0696. The lowest BCUT2D eigenvalue weighted by Crippen LogP contribution is -2.04. The highest BCUT2D eigenvalue weighted by molar-refractivity contribution is 9.11. The molecule has 0 aliphatic carbocycles. The third kappa shape index (κ3) is 4.59. The Hall–Kier alpha value is -0.590. The van der Waals surface area contributed by atoms with Crippen LogP contribution in [0.2, 0.25) is 0 Å². The van der Waals surface area contributed by atoms with Gasteiger partial charge in [-0.1, -0.05) is 0 Å². The molecule has 0 saturated heterocycles. The molecule has 1 rings (SSSR count). The van der Waals surface area contributed by atoms with Gasteiger partial charge in [-0.25, -0.2) is 4.79 Å². The van der Waals surface area contributed by atoms with E-state index in [0.29, 0.717) is 34.5 Å². The molecular weight excluding hydrogens is 368 g/mol. The van der Waals surface area contributed by atoms with Crippen LogP contribution in [0, 0.1) is 0 Å². The van der Waals surface area contributed by atoms with E-state index in [-0.39, 0.29) is 5.56 Å². The van der Waals surface area contributed by atoms with Crippen LogP contribution in [0.15, 0.2) is 21.1 Å². The molecule has 100 valence electrons. The molecule has 0 unspecified atom stereocenters. The third-order valence-electron chi connectivity index (χ3n) is 2.13. The summed E-state index contributed by atoms with van der Waals surface area (Å²) < 4.78 is 12.0. The number of ether oxygens (including phenoxy) is 2. The molecule has 0 fully saturated rings. The third-order valence-corrected chi connectivity index (χ3v) is 3.31. The van der Waals surface area contributed by atoms with Crippen molar-refractivity contribution in [2.75, 3.05) is 19.8 Å². The second-order valence-electron chi connectivity index (χ2n) is 3.47. The Morgan fingerprint density at radius 3 is 2.39 bits per heavy atom. The number of hydrogen-bond acceptors (Lipinski definition) is 3. The smallest absolute Gasteiger partial charge is 0.335 e. The van der Waals surface area contributed by atoms with Crippen LogP contribution >= 0.6 is 31.9 Å². The minimum atomic E-state index is -0.973. The maximum atomic E-state index is 10.8. The quantitative estimate of drug-likeness (QED) is 0.731. The molecule has 0 aliphatic heterocycles. The standard InChI is InChI=1S/C12H14Br2O4/c1-2-17-4-3-5-18-11-9(13)6-8(12(15)16)7-10(11)14/h6-7H,2-5H2,1H3,(H,15,16). The summed E-state index contributed by atoms with van der Waals surface area (Å²) in [6.45, 7) is 3.81. The summed E-state index contributed by atoms with van der Waals surface area (Å²) in [5.41, 5.74) is 0.204. The van der Waals surface area contributed by atoms with Crippen molar-refractivity contribution >= 4 is 37.8 Å². The summed E-state index contributed by atoms with van der Waals surface area (Å²) in [6, 6.07) is 3.04. The molecule has 18 heavy (non-hydrogen) atoms. The van der Waals surface area contributed by atoms with Crippen LogP contribution in [0.4, 0.5) is 0 Å². The highest BCUT2D eigenvalue weighted by Gasteiger charge is 2.12. The van der Waals surface area contributed by atoms with Gasteiger partial charge >= 0.3 is 5.97 Å². The first-order chi connectivity index (χ1) is 8.56. The number of benzene rings is 1. The van der Waals surface area contributed by atoms with E-state index in [9.17, 15) is 4.79 Å². The fourth-order valence-electron chi connectivity index (χ4n) is 1.30. The van der Waals surface area contributed by atoms with Gasteiger partial charge < -0.3 is 14.6 Å². The van der Waals surface area contributed by atoms with Crippen LogP contribution in [-0.2, 0) is 4.74 Å². The Labute approximate surface area is 123 Å². The van der Waals surface area contributed by atoms with Gasteiger partial charge in [0.15, 0.2) is 0 Å². The van der Waals surface area contributed by atoms with Gasteiger partial charge in [0.1, 0.15) is 5.75 Å². The summed E-state index contributed by atoms with van der Waals surface area (Å²) in [4.78, 5) is 10.8. The molecule has 1 aromatic rings. The zero-order valence-electron chi connectivity index (χ0n) is 9.91. The molecule has 0 bridgehead atoms. The SMILES string of the molecule is CCOCCCOc1c(Br)cc(C(=O)O)cc1Br. The second-order valence-corrected chi connectivity index (χ2v) is 5.18. The highest BCUT2D eigenvalue weighted by Crippen LogP contribution is 2.34. The predicted molar refractivity (Wildman–Crippen MR) is 75.4 cm³/mol. The Bertz CT molecular complexity index is 398. The van der Waals surface area contributed by atoms with Crippen molar-refractivity contribution in [3.8, 4) is 5.75 Å². The topological polar surface area (TPSA) is 55.8 Å². The Balaban J connectivity index is 2.63. The first kappa shape index (κ1) is 15.5. The van der Waals surface area contributed by atoms with E-state index < -0.39 is 5.97 Å². The molecule has 0 saturated carbocycles. The Morgan fingerprint density at radius 1 is 1.28 bits per heavy atom. The molecule has 0 atom stereocenters. The average molecular weight is 382 g/mol. The summed E-state index contributed by atoms with van der Waals surface area (Å²) >= 11 is 6.60. The molecule has 6 heteroatoms. The van der Waals surface area contributed by atoms with Gasteiger partial charge in [0.05, 0.1) is 21.1 Å². The minimum absolute atomic E-state index is 0.204. The van der Waals surface area contributed by atoms with Crippen LogP contribution < -0.4 is 4.74 Å². The molecule has 1 aromatic carbocycles. The van der Waals surface area contributed by atoms with Gasteiger partial charge in [0.25, 0.3) is 0 Å². The summed E-state index contributed by atoms with van der Waals surface area (Å²) in [6.07, 6.45) is 0.785. The molecule has 0 spiro atoms. The lowest BCUT2D eigenvalue weighted by Gasteiger charge is -2.11. The molecule has 0 radical (unpaired) electrons. The van der Waals surface area contributed by atoms with Crippen molar-refractivity contribution in [2.24, 2.45) is 0 Å². The predicted octanol–water partition coefficient (Wildman–Crippen LogP) is 3.72. The van der Waals surface area contributed by atoms with E-state index in [1.165, 1.54) is 12.1 Å². The highest BCUT2D eigenvalue weighted by atomic mass is 79.9. The van der Waals surface area contributed by atoms with E-state index >= 15 is 0 Å². The van der Waals surface area contributed by atoms with E-state index in [1.54, 1.807) is 0 Å². The maximum absolute atomic E-state index is 10.8. The number of carboxylic acid groups (broad SMARTS) is 1. The molecular formula is C12H14Br2O4. The van der Waals surface area contributed by atoms with Gasteiger partial charge in [-0.3, -0.25) is 0 Å². The van der Waals surface area contributed by atoms with E-state index in [4.69, 9.17) is 14.6 Å². The number of rotatable bonds is 7. The molecule has 0 amide bonds. The molecule has 1 N–H and O–H groups in total. The van der Waals surface area contributed by atoms with Gasteiger partial charge in [0.2, 0.25) is 0 Å². The van der Waals surface area contributed by atoms with Crippen LogP contribution in [-0.4, -0.2) is 30.9 Å². The summed E-state index contributed by atoms with van der Waals surface area (Å²) in [5, 5.41) is 8.90. The number of carbonyl (C=O) groups is 1. The molecule has 4 nitrogen and oxygen atoms in total. The van der Waals surface area contributed by atoms with E-state index in [2.05, 4.69) is 31.9 Å². The van der Waals surface area contributed by atoms with Crippen molar-refractivity contribution in [2.45, 2.75) is 13.3 Å². The van der Waals surface area contributed by atoms with Gasteiger partial charge in [0, 0.05) is 19.6 Å². The van der Waals surface area contributed by atoms with Crippen molar-refractivity contribution in [3.05, 3.63) is 26.6 Å². The molecule has 0 heterocycles. The first-order valence-electron chi connectivity index (χ1n) is 5.49. The fourth-order valence-corrected chi connectivity index (χ4v) is 2.72. The Kier molecular flexibility index (Phi) is 6.67. The fraction of sp³-hybridized carbons (Fsp3) is 0.417. The first-order valence-corrected chi connectivity index (χ1v) is 7.07. The monoisotopic (exact) mass is 380 g/mol. The van der Waals surface area contributed by atoms with Gasteiger partial charge in [-0.2, -0.15) is 0 Å². The van der Waals surface area contributed by atoms with Crippen molar-refractivity contribution in [3.63, 3.8) is 0 Å². The summed E-state index contributed by atoms with van der Waals surface area (Å²) in [5.74, 6) is -0.365. The second kappa shape index (κ2) is 7.76. The average Bonchev–Trinajstić information content (AvgIpc) is 2.31. The van der Waals surface area contributed by atoms with Crippen LogP contribution in [0.25, 0.3) is 0 Å². The van der Waals surface area contributed by atoms with Crippen LogP contribution in [0.3, 0.4) is 0 Å². The number of hydrogen-bond donors (Lipinski definition) is 1. The normalized spacial score (nSPS) is 10.4. The zero-order valence-corrected chi connectivity index (χ0v) is 13.1. The zero-order chi connectivity index (χ0) is 13.5. The van der Waals surface area contributed by atoms with Crippen molar-refractivity contribution in [1.82, 2.24) is 0 Å². The number of halogens is 2. The Morgan fingerprint density at radius 2 is 1.89 bits per heavy atom. The van der Waals surface area contributed by atoms with Crippen LogP contribution in [0.5, 0.6) is 5.75 Å². The van der Waals surface area contributed by atoms with Crippen LogP contribution in [0.1, 0.15) is 23.7 Å². The lowest BCUT2D eigenvalue weighted by atomic mass is 10.2. The minimum Gasteiger partial charge on any atom is -0.491 e. The maximum Gasteiger partial charge on any atom is 0.335 e. The van der Waals surface area contributed by atoms with Gasteiger partial charge in [-0.15, -0.1) is 0 Å². The van der Waals surface area contributed by atoms with Gasteiger partial charge in [-0.05, 0) is 50.9 Å².